The van der Waals surface area contributed by atoms with E-state index in [1.165, 1.54) is 0 Å². The van der Waals surface area contributed by atoms with Crippen molar-refractivity contribution in [2.24, 2.45) is 0 Å². The van der Waals surface area contributed by atoms with Gasteiger partial charge in [0.15, 0.2) is 6.10 Å². The molecule has 0 aliphatic carbocycles. The second-order valence-corrected chi connectivity index (χ2v) is 19.1. The summed E-state index contributed by atoms with van der Waals surface area (Å²) < 4.78 is 39.3. The number of unbranched alkanes of at least 4 members (excludes halogenated alkanes) is 8. The first-order valence-corrected chi connectivity index (χ1v) is 29.2. The maximum Gasteiger partial charge on any atom is 0.472 e. The lowest BCUT2D eigenvalue weighted by Crippen LogP contribution is -2.30. The summed E-state index contributed by atoms with van der Waals surface area (Å²) in [5, 5.41) is 9.78. The lowest BCUT2D eigenvalue weighted by atomic mass is 10.1. The number of allylic oxidation sites excluding steroid dienone is 24. The predicted molar refractivity (Wildman–Crippen MR) is 306 cm³/mol. The predicted octanol–water partition coefficient (Wildman–Crippen LogP) is 16.4. The van der Waals surface area contributed by atoms with Crippen molar-refractivity contribution in [1.82, 2.24) is 0 Å². The Labute approximate surface area is 448 Å². The molecule has 0 aromatic carbocycles. The Kier molecular flexibility index (Phi) is 51.2. The number of rotatable bonds is 49. The first-order chi connectivity index (χ1) is 36.2. The highest BCUT2D eigenvalue weighted by atomic mass is 31.2. The molecule has 0 aromatic rings. The molecule has 0 radical (unpaired) electrons. The van der Waals surface area contributed by atoms with E-state index in [1.807, 2.05) is 18.2 Å². The molecule has 0 amide bonds. The molecule has 0 saturated heterocycles. The van der Waals surface area contributed by atoms with E-state index in [4.69, 9.17) is 23.3 Å². The minimum Gasteiger partial charge on any atom is -0.462 e. The van der Waals surface area contributed by atoms with Gasteiger partial charge in [0.05, 0.1) is 19.8 Å². The van der Waals surface area contributed by atoms with Crippen molar-refractivity contribution >= 4 is 25.7 Å². The summed E-state index contributed by atoms with van der Waals surface area (Å²) in [5.41, 5.74) is 0. The molecule has 0 rings (SSSR count). The average molecular weight is 1050 g/mol. The topological polar surface area (TPSA) is 155 Å². The molecule has 3 atom stereocenters. The summed E-state index contributed by atoms with van der Waals surface area (Å²) in [6.07, 6.45) is 69.7. The number of aliphatic hydroxyl groups is 1. The van der Waals surface area contributed by atoms with Crippen LogP contribution in [0.15, 0.2) is 146 Å². The molecule has 416 valence electrons. The van der Waals surface area contributed by atoms with Crippen LogP contribution in [-0.4, -0.2) is 66.5 Å². The number of hydrogen-bond donors (Lipinski definition) is 2. The quantitative estimate of drug-likeness (QED) is 0.0197. The fourth-order valence-electron chi connectivity index (χ4n) is 6.64. The molecule has 12 heteroatoms. The molecule has 0 spiro atoms. The van der Waals surface area contributed by atoms with E-state index in [0.29, 0.717) is 19.3 Å². The van der Waals surface area contributed by atoms with Crippen LogP contribution >= 0.6 is 7.82 Å². The van der Waals surface area contributed by atoms with Crippen molar-refractivity contribution in [3.63, 3.8) is 0 Å². The average Bonchev–Trinajstić information content (AvgIpc) is 3.39. The Morgan fingerprint density at radius 3 is 1.11 bits per heavy atom. The first kappa shape index (κ1) is 69.4. The fourth-order valence-corrected chi connectivity index (χ4v) is 7.43. The second kappa shape index (κ2) is 54.6. The van der Waals surface area contributed by atoms with Crippen molar-refractivity contribution in [1.29, 1.82) is 0 Å². The summed E-state index contributed by atoms with van der Waals surface area (Å²) in [6.45, 7) is 4.13. The largest absolute Gasteiger partial charge is 0.472 e. The smallest absolute Gasteiger partial charge is 0.462 e. The van der Waals surface area contributed by atoms with Gasteiger partial charge in [0.25, 0.3) is 0 Å². The Morgan fingerprint density at radius 2 is 0.689 bits per heavy atom. The lowest BCUT2D eigenvalue weighted by Gasteiger charge is -2.21. The van der Waals surface area contributed by atoms with Crippen molar-refractivity contribution in [2.75, 3.05) is 26.4 Å². The molecule has 74 heavy (non-hydrogen) atoms. The van der Waals surface area contributed by atoms with Gasteiger partial charge in [-0.2, -0.15) is 0 Å². The van der Waals surface area contributed by atoms with Gasteiger partial charge in [-0.3, -0.25) is 23.4 Å². The van der Waals surface area contributed by atoms with E-state index in [-0.39, 0.29) is 25.9 Å². The molecule has 0 aliphatic heterocycles. The van der Waals surface area contributed by atoms with Gasteiger partial charge in [-0.15, -0.1) is 0 Å². The highest BCUT2D eigenvalue weighted by molar-refractivity contribution is 7.47. The monoisotopic (exact) mass is 1050 g/mol. The highest BCUT2D eigenvalue weighted by Crippen LogP contribution is 2.43. The van der Waals surface area contributed by atoms with Gasteiger partial charge in [-0.25, -0.2) is 4.57 Å². The summed E-state index contributed by atoms with van der Waals surface area (Å²) in [7, 11) is -4.79. The Balaban J connectivity index is 4.91. The molecular weight excluding hydrogens is 952 g/mol. The number of hydrogen-bond acceptors (Lipinski definition) is 10. The Hall–Kier alpha value is -4.64. The SMILES string of the molecule is CC/C=C\C/C=C\C/C=C\C/C=C\C/C=C\CCCCCC(=O)OC(COC(=O)CCCCCCC/C=C\C/C=C\C/C=C\CC)COP(=O)(O)OCC(CO)OC(=O)CC/C=C\C/C=C\C/C=C\C/C=C\CC. The third-order valence-corrected chi connectivity index (χ3v) is 11.7. The number of phosphoric acid groups is 1. The van der Waals surface area contributed by atoms with Crippen molar-refractivity contribution in [3.8, 4) is 0 Å². The van der Waals surface area contributed by atoms with Crippen molar-refractivity contribution in [3.05, 3.63) is 146 Å². The summed E-state index contributed by atoms with van der Waals surface area (Å²) in [4.78, 5) is 48.4. The zero-order valence-electron chi connectivity index (χ0n) is 45.7. The molecular formula is C62H97O11P. The van der Waals surface area contributed by atoms with Gasteiger partial charge in [-0.05, 0) is 122 Å². The number of carbonyl (C=O) groups excluding carboxylic acids is 3. The van der Waals surface area contributed by atoms with Crippen LogP contribution < -0.4 is 0 Å². The van der Waals surface area contributed by atoms with Gasteiger partial charge < -0.3 is 24.2 Å². The van der Waals surface area contributed by atoms with Crippen LogP contribution in [0.3, 0.4) is 0 Å². The number of phosphoric ester groups is 1. The number of esters is 3. The summed E-state index contributed by atoms with van der Waals surface area (Å²) in [6, 6.07) is 0. The number of ether oxygens (including phenoxy) is 3. The van der Waals surface area contributed by atoms with Gasteiger partial charge >= 0.3 is 25.7 Å². The standard InChI is InChI=1S/C62H97O11P/c1-4-7-10-13-16-19-22-25-27-28-29-30-32-35-38-41-44-47-50-53-62(66)73-59(55-69-60(64)51-48-45-42-39-36-34-31-26-23-20-17-14-11-8-5-2)57-71-74(67,68)70-56-58(54-63)72-61(65)52-49-46-43-40-37-33-24-21-18-15-12-9-6-3/h7-12,16-21,25-27,29-31,33,35,37-38,43,46,58-59,63H,4-6,13-15,22-24,28,32,34,36,39-42,44-45,47-57H2,1-3H3,(H,67,68)/b10-7-,11-8-,12-9-,19-16-,20-17-,21-18-,27-25-,30-29-,31-26-,37-33-,38-35-,46-43-. The van der Waals surface area contributed by atoms with Crippen LogP contribution in [-0.2, 0) is 42.2 Å². The fraction of sp³-hybridized carbons (Fsp3) is 0.565. The van der Waals surface area contributed by atoms with Gasteiger partial charge in [0.1, 0.15) is 12.7 Å². The Morgan fingerprint density at radius 1 is 0.378 bits per heavy atom. The van der Waals surface area contributed by atoms with E-state index < -0.39 is 57.8 Å². The molecule has 0 fully saturated rings. The van der Waals surface area contributed by atoms with Crippen LogP contribution in [0.1, 0.15) is 188 Å². The van der Waals surface area contributed by atoms with E-state index in [0.717, 1.165) is 128 Å². The molecule has 0 saturated carbocycles. The van der Waals surface area contributed by atoms with E-state index >= 15 is 0 Å². The van der Waals surface area contributed by atoms with E-state index in [2.05, 4.69) is 148 Å². The van der Waals surface area contributed by atoms with Crippen LogP contribution in [0.4, 0.5) is 0 Å². The van der Waals surface area contributed by atoms with Gasteiger partial charge in [-0.1, -0.05) is 192 Å². The van der Waals surface area contributed by atoms with E-state index in [9.17, 15) is 28.9 Å². The zero-order chi connectivity index (χ0) is 54.1. The van der Waals surface area contributed by atoms with Crippen LogP contribution in [0.5, 0.6) is 0 Å². The molecule has 2 N–H and O–H groups in total. The molecule has 0 bridgehead atoms. The third-order valence-electron chi connectivity index (χ3n) is 10.8. The number of aliphatic hydroxyl groups excluding tert-OH is 1. The normalized spacial score (nSPS) is 14.5. The molecule has 11 nitrogen and oxygen atoms in total. The third kappa shape index (κ3) is 52.2. The minimum atomic E-state index is -4.79. The maximum absolute atomic E-state index is 12.9. The van der Waals surface area contributed by atoms with Crippen LogP contribution in [0, 0.1) is 0 Å². The van der Waals surface area contributed by atoms with Gasteiger partial charge in [0, 0.05) is 19.3 Å². The molecule has 3 unspecified atom stereocenters. The summed E-state index contributed by atoms with van der Waals surface area (Å²) >= 11 is 0. The lowest BCUT2D eigenvalue weighted by molar-refractivity contribution is -0.161. The van der Waals surface area contributed by atoms with E-state index in [1.54, 1.807) is 0 Å². The Bertz CT molecular complexity index is 1800. The van der Waals surface area contributed by atoms with Crippen LogP contribution in [0.2, 0.25) is 0 Å². The zero-order valence-corrected chi connectivity index (χ0v) is 46.6. The molecule has 0 aromatic heterocycles. The molecule has 0 heterocycles. The minimum absolute atomic E-state index is 0.0440. The summed E-state index contributed by atoms with van der Waals surface area (Å²) in [5.74, 6) is -1.63. The van der Waals surface area contributed by atoms with Crippen molar-refractivity contribution < 1.29 is 52.2 Å². The van der Waals surface area contributed by atoms with Crippen molar-refractivity contribution in [2.45, 2.75) is 200 Å². The molecule has 0 aliphatic rings. The number of carbonyl (C=O) groups is 3. The highest BCUT2D eigenvalue weighted by Gasteiger charge is 2.28. The van der Waals surface area contributed by atoms with Gasteiger partial charge in [0.2, 0.25) is 0 Å². The van der Waals surface area contributed by atoms with Crippen LogP contribution in [0.25, 0.3) is 0 Å². The maximum atomic E-state index is 12.9. The second-order valence-electron chi connectivity index (χ2n) is 17.6. The first-order valence-electron chi connectivity index (χ1n) is 27.7.